The van der Waals surface area contributed by atoms with Crippen molar-refractivity contribution in [1.29, 1.82) is 0 Å². The summed E-state index contributed by atoms with van der Waals surface area (Å²) in [4.78, 5) is 24.0. The standard InChI is InChI=1S/C21H20BrN3O4/c1-3-12-29-18-9-8-16(22)13-15(18)14-23-25-21(27)11-10-20(26)24-17-6-4-5-7-19(17)28-2/h1,4-9,13-14H,10-12H2,2H3,(H,24,26)(H,25,27). The molecule has 0 unspecified atom stereocenters. The summed E-state index contributed by atoms with van der Waals surface area (Å²) in [6.07, 6.45) is 6.64. The minimum absolute atomic E-state index is 0.00676. The molecule has 0 saturated heterocycles. The van der Waals surface area contributed by atoms with Crippen LogP contribution in [0.25, 0.3) is 0 Å². The number of rotatable bonds is 9. The lowest BCUT2D eigenvalue weighted by molar-refractivity contribution is -0.124. The molecule has 0 aromatic heterocycles. The molecule has 0 aliphatic heterocycles. The zero-order valence-electron chi connectivity index (χ0n) is 15.8. The molecule has 2 amide bonds. The number of nitrogens with zero attached hydrogens (tertiary/aromatic N) is 1. The van der Waals surface area contributed by atoms with Gasteiger partial charge in [-0.15, -0.1) is 6.42 Å². The number of benzene rings is 2. The Morgan fingerprint density at radius 2 is 1.93 bits per heavy atom. The van der Waals surface area contributed by atoms with Crippen LogP contribution in [-0.2, 0) is 9.59 Å². The Kier molecular flexibility index (Phi) is 8.73. The average Bonchev–Trinajstić information content (AvgIpc) is 2.72. The van der Waals surface area contributed by atoms with E-state index in [2.05, 4.69) is 37.7 Å². The van der Waals surface area contributed by atoms with Gasteiger partial charge < -0.3 is 14.8 Å². The molecule has 0 aliphatic rings. The first-order valence-electron chi connectivity index (χ1n) is 8.64. The summed E-state index contributed by atoms with van der Waals surface area (Å²) >= 11 is 3.37. The normalized spacial score (nSPS) is 10.2. The van der Waals surface area contributed by atoms with Crippen LogP contribution in [0.3, 0.4) is 0 Å². The van der Waals surface area contributed by atoms with Crippen molar-refractivity contribution in [1.82, 2.24) is 5.43 Å². The second-order valence-electron chi connectivity index (χ2n) is 5.72. The topological polar surface area (TPSA) is 89.0 Å². The monoisotopic (exact) mass is 457 g/mol. The molecule has 8 heteroatoms. The maximum Gasteiger partial charge on any atom is 0.240 e. The SMILES string of the molecule is C#CCOc1ccc(Br)cc1C=NNC(=O)CCC(=O)Nc1ccccc1OC. The molecule has 2 aromatic rings. The lowest BCUT2D eigenvalue weighted by atomic mass is 10.2. The van der Waals surface area contributed by atoms with E-state index in [4.69, 9.17) is 15.9 Å². The lowest BCUT2D eigenvalue weighted by Gasteiger charge is -2.09. The number of methoxy groups -OCH3 is 1. The van der Waals surface area contributed by atoms with Gasteiger partial charge in [-0.05, 0) is 30.3 Å². The number of hydrogen-bond acceptors (Lipinski definition) is 5. The quantitative estimate of drug-likeness (QED) is 0.343. The highest BCUT2D eigenvalue weighted by Gasteiger charge is 2.09. The Labute approximate surface area is 177 Å². The summed E-state index contributed by atoms with van der Waals surface area (Å²) in [5, 5.41) is 6.62. The molecule has 7 nitrogen and oxygen atoms in total. The molecular formula is C21H20BrN3O4. The van der Waals surface area contributed by atoms with Gasteiger partial charge in [0.2, 0.25) is 11.8 Å². The van der Waals surface area contributed by atoms with Crippen LogP contribution in [0.1, 0.15) is 18.4 Å². The zero-order chi connectivity index (χ0) is 21.1. The first-order valence-corrected chi connectivity index (χ1v) is 9.43. The number of ether oxygens (including phenoxy) is 2. The fourth-order valence-corrected chi connectivity index (χ4v) is 2.67. The average molecular weight is 458 g/mol. The highest BCUT2D eigenvalue weighted by atomic mass is 79.9. The number of anilines is 1. The number of carbonyl (C=O) groups is 2. The number of terminal acetylenes is 1. The predicted octanol–water partition coefficient (Wildman–Crippen LogP) is 3.34. The van der Waals surface area contributed by atoms with Gasteiger partial charge in [-0.25, -0.2) is 5.43 Å². The molecule has 0 saturated carbocycles. The summed E-state index contributed by atoms with van der Waals surface area (Å²) in [6.45, 7) is 0.121. The molecule has 0 aliphatic carbocycles. The van der Waals surface area contributed by atoms with Crippen LogP contribution < -0.4 is 20.2 Å². The second-order valence-corrected chi connectivity index (χ2v) is 6.63. The van der Waals surface area contributed by atoms with Gasteiger partial charge in [0.1, 0.15) is 18.1 Å². The van der Waals surface area contributed by atoms with Crippen LogP contribution in [0.2, 0.25) is 0 Å². The molecular weight excluding hydrogens is 438 g/mol. The molecule has 0 radical (unpaired) electrons. The molecule has 2 aromatic carbocycles. The minimum Gasteiger partial charge on any atom is -0.495 e. The van der Waals surface area contributed by atoms with Gasteiger partial charge in [0.25, 0.3) is 0 Å². The van der Waals surface area contributed by atoms with E-state index < -0.39 is 5.91 Å². The Hall–Kier alpha value is -3.31. The summed E-state index contributed by atoms with van der Waals surface area (Å²) < 4.78 is 11.4. The molecule has 0 atom stereocenters. The smallest absolute Gasteiger partial charge is 0.240 e. The Bertz CT molecular complexity index is 938. The summed E-state index contributed by atoms with van der Waals surface area (Å²) in [6, 6.07) is 12.4. The summed E-state index contributed by atoms with van der Waals surface area (Å²) in [5.74, 6) is 2.79. The van der Waals surface area contributed by atoms with Gasteiger partial charge >= 0.3 is 0 Å². The summed E-state index contributed by atoms with van der Waals surface area (Å²) in [7, 11) is 1.52. The number of nitrogens with one attached hydrogen (secondary N) is 2. The van der Waals surface area contributed by atoms with Crippen LogP contribution in [-0.4, -0.2) is 31.7 Å². The molecule has 0 spiro atoms. The van der Waals surface area contributed by atoms with Gasteiger partial charge in [0.15, 0.2) is 0 Å². The number of hydrazone groups is 1. The van der Waals surface area contributed by atoms with Crippen molar-refractivity contribution in [2.75, 3.05) is 19.0 Å². The molecule has 2 N–H and O–H groups in total. The van der Waals surface area contributed by atoms with Gasteiger partial charge in [-0.3, -0.25) is 9.59 Å². The van der Waals surface area contributed by atoms with E-state index in [-0.39, 0.29) is 25.4 Å². The molecule has 0 heterocycles. The van der Waals surface area contributed by atoms with Crippen LogP contribution in [0.5, 0.6) is 11.5 Å². The van der Waals surface area contributed by atoms with Crippen molar-refractivity contribution in [3.63, 3.8) is 0 Å². The third kappa shape index (κ3) is 7.31. The second kappa shape index (κ2) is 11.5. The first kappa shape index (κ1) is 22.0. The van der Waals surface area contributed by atoms with E-state index >= 15 is 0 Å². The van der Waals surface area contributed by atoms with Crippen LogP contribution in [0.4, 0.5) is 5.69 Å². The van der Waals surface area contributed by atoms with Crippen molar-refractivity contribution >= 4 is 39.6 Å². The van der Waals surface area contributed by atoms with Crippen molar-refractivity contribution in [2.45, 2.75) is 12.8 Å². The Morgan fingerprint density at radius 1 is 1.17 bits per heavy atom. The molecule has 0 bridgehead atoms. The van der Waals surface area contributed by atoms with E-state index in [0.717, 1.165) is 4.47 Å². The van der Waals surface area contributed by atoms with E-state index in [9.17, 15) is 9.59 Å². The highest BCUT2D eigenvalue weighted by molar-refractivity contribution is 9.10. The predicted molar refractivity (Wildman–Crippen MR) is 115 cm³/mol. The molecule has 29 heavy (non-hydrogen) atoms. The number of carbonyl (C=O) groups excluding carboxylic acids is 2. The Balaban J connectivity index is 1.85. The largest absolute Gasteiger partial charge is 0.495 e. The van der Waals surface area contributed by atoms with Crippen molar-refractivity contribution in [3.05, 3.63) is 52.5 Å². The van der Waals surface area contributed by atoms with E-state index in [1.165, 1.54) is 13.3 Å². The lowest BCUT2D eigenvalue weighted by Crippen LogP contribution is -2.20. The number of para-hydroxylation sites is 2. The van der Waals surface area contributed by atoms with Gasteiger partial charge in [-0.2, -0.15) is 5.10 Å². The number of halogens is 1. The highest BCUT2D eigenvalue weighted by Crippen LogP contribution is 2.23. The van der Waals surface area contributed by atoms with Crippen molar-refractivity contribution in [2.24, 2.45) is 5.10 Å². The van der Waals surface area contributed by atoms with Gasteiger partial charge in [0, 0.05) is 22.9 Å². The third-order valence-corrected chi connectivity index (χ3v) is 4.13. The van der Waals surface area contributed by atoms with Gasteiger partial charge in [0.05, 0.1) is 19.0 Å². The molecule has 150 valence electrons. The molecule has 2 rings (SSSR count). The van der Waals surface area contributed by atoms with E-state index in [0.29, 0.717) is 22.7 Å². The van der Waals surface area contributed by atoms with E-state index in [1.54, 1.807) is 36.4 Å². The van der Waals surface area contributed by atoms with Gasteiger partial charge in [-0.1, -0.05) is 34.0 Å². The fourth-order valence-electron chi connectivity index (χ4n) is 2.29. The third-order valence-electron chi connectivity index (χ3n) is 3.64. The molecule has 0 fully saturated rings. The zero-order valence-corrected chi connectivity index (χ0v) is 17.4. The number of hydrogen-bond donors (Lipinski definition) is 2. The van der Waals surface area contributed by atoms with Crippen LogP contribution >= 0.6 is 15.9 Å². The Morgan fingerprint density at radius 3 is 2.69 bits per heavy atom. The van der Waals surface area contributed by atoms with E-state index in [1.807, 2.05) is 6.07 Å². The maximum atomic E-state index is 12.0. The van der Waals surface area contributed by atoms with Crippen molar-refractivity contribution in [3.8, 4) is 23.8 Å². The van der Waals surface area contributed by atoms with Crippen LogP contribution in [0.15, 0.2) is 52.0 Å². The summed E-state index contributed by atoms with van der Waals surface area (Å²) in [5.41, 5.74) is 3.58. The van der Waals surface area contributed by atoms with Crippen molar-refractivity contribution < 1.29 is 19.1 Å². The first-order chi connectivity index (χ1) is 14.0. The minimum atomic E-state index is -0.391. The number of amides is 2. The fraction of sp³-hybridized carbons (Fsp3) is 0.190. The maximum absolute atomic E-state index is 12.0. The van der Waals surface area contributed by atoms with Crippen LogP contribution in [0, 0.1) is 12.3 Å².